The molecular formula is C18H12FNO. The fourth-order valence-corrected chi connectivity index (χ4v) is 2.81. The van der Waals surface area contributed by atoms with Crippen molar-refractivity contribution in [2.45, 2.75) is 5.92 Å². The van der Waals surface area contributed by atoms with Gasteiger partial charge in [0, 0.05) is 23.2 Å². The summed E-state index contributed by atoms with van der Waals surface area (Å²) in [5, 5.41) is 0. The first-order valence-corrected chi connectivity index (χ1v) is 6.80. The maximum Gasteiger partial charge on any atom is 0.223 e. The monoisotopic (exact) mass is 277 g/mol. The maximum absolute atomic E-state index is 13.2. The number of pyridine rings is 1. The smallest absolute Gasteiger partial charge is 0.223 e. The van der Waals surface area contributed by atoms with Crippen LogP contribution in [-0.4, -0.2) is 4.98 Å². The molecule has 1 unspecified atom stereocenters. The Bertz CT molecular complexity index is 753. The largest absolute Gasteiger partial charge is 0.438 e. The van der Waals surface area contributed by atoms with Crippen molar-refractivity contribution < 1.29 is 9.13 Å². The number of fused-ring (bicyclic) bond motifs is 2. The average molecular weight is 277 g/mol. The van der Waals surface area contributed by atoms with Gasteiger partial charge in [0.05, 0.1) is 0 Å². The van der Waals surface area contributed by atoms with Crippen molar-refractivity contribution in [3.8, 4) is 11.6 Å². The Balaban J connectivity index is 1.95. The zero-order chi connectivity index (χ0) is 14.2. The van der Waals surface area contributed by atoms with Gasteiger partial charge in [0.1, 0.15) is 11.6 Å². The van der Waals surface area contributed by atoms with Crippen LogP contribution < -0.4 is 4.74 Å². The van der Waals surface area contributed by atoms with Gasteiger partial charge in [-0.2, -0.15) is 0 Å². The molecule has 3 heteroatoms. The van der Waals surface area contributed by atoms with Gasteiger partial charge in [0.25, 0.3) is 0 Å². The van der Waals surface area contributed by atoms with Crippen LogP contribution in [0.1, 0.15) is 22.6 Å². The van der Waals surface area contributed by atoms with Crippen LogP contribution in [0.25, 0.3) is 0 Å². The van der Waals surface area contributed by atoms with Crippen molar-refractivity contribution >= 4 is 0 Å². The van der Waals surface area contributed by atoms with E-state index >= 15 is 0 Å². The summed E-state index contributed by atoms with van der Waals surface area (Å²) in [5.41, 5.74) is 3.11. The molecule has 0 saturated carbocycles. The van der Waals surface area contributed by atoms with Crippen molar-refractivity contribution in [1.29, 1.82) is 0 Å². The molecule has 0 aliphatic carbocycles. The van der Waals surface area contributed by atoms with E-state index in [1.54, 1.807) is 6.20 Å². The number of nitrogens with zero attached hydrogens (tertiary/aromatic N) is 1. The minimum atomic E-state index is -0.231. The molecule has 0 saturated heterocycles. The Morgan fingerprint density at radius 2 is 1.62 bits per heavy atom. The summed E-state index contributed by atoms with van der Waals surface area (Å²) in [7, 11) is 0. The lowest BCUT2D eigenvalue weighted by Gasteiger charge is -2.27. The number of hydrogen-bond acceptors (Lipinski definition) is 2. The van der Waals surface area contributed by atoms with Crippen molar-refractivity contribution in [2.24, 2.45) is 0 Å². The lowest BCUT2D eigenvalue weighted by Crippen LogP contribution is -2.12. The van der Waals surface area contributed by atoms with E-state index < -0.39 is 0 Å². The lowest BCUT2D eigenvalue weighted by atomic mass is 9.84. The van der Waals surface area contributed by atoms with Crippen molar-refractivity contribution in [3.05, 3.63) is 89.4 Å². The fourth-order valence-electron chi connectivity index (χ4n) is 2.81. The summed E-state index contributed by atoms with van der Waals surface area (Å²) < 4.78 is 19.1. The average Bonchev–Trinajstić information content (AvgIpc) is 2.53. The van der Waals surface area contributed by atoms with Gasteiger partial charge in [-0.3, -0.25) is 0 Å². The predicted molar refractivity (Wildman–Crippen MR) is 78.1 cm³/mol. The van der Waals surface area contributed by atoms with Gasteiger partial charge < -0.3 is 4.74 Å². The second-order valence-corrected chi connectivity index (χ2v) is 5.02. The number of ether oxygens (including phenoxy) is 1. The molecule has 4 rings (SSSR count). The fraction of sp³-hybridized carbons (Fsp3) is 0.0556. The molecule has 1 aromatic heterocycles. The molecule has 2 aromatic carbocycles. The van der Waals surface area contributed by atoms with Gasteiger partial charge >= 0.3 is 0 Å². The normalized spacial score (nSPS) is 15.8. The molecule has 0 bridgehead atoms. The van der Waals surface area contributed by atoms with Gasteiger partial charge in [-0.15, -0.1) is 0 Å². The number of halogens is 1. The zero-order valence-corrected chi connectivity index (χ0v) is 11.2. The van der Waals surface area contributed by atoms with E-state index in [4.69, 9.17) is 4.74 Å². The van der Waals surface area contributed by atoms with Crippen LogP contribution in [0.4, 0.5) is 4.39 Å². The molecule has 1 atom stereocenters. The first-order chi connectivity index (χ1) is 10.3. The molecule has 1 aliphatic rings. The van der Waals surface area contributed by atoms with Gasteiger partial charge in [-0.1, -0.05) is 36.4 Å². The number of benzene rings is 2. The van der Waals surface area contributed by atoms with E-state index in [2.05, 4.69) is 4.98 Å². The molecule has 102 valence electrons. The van der Waals surface area contributed by atoms with Crippen molar-refractivity contribution in [3.63, 3.8) is 0 Å². The minimum absolute atomic E-state index is 0.0132. The minimum Gasteiger partial charge on any atom is -0.438 e. The predicted octanol–water partition coefficient (Wildman–Crippen LogP) is 4.51. The molecule has 3 aromatic rings. The summed E-state index contributed by atoms with van der Waals surface area (Å²) in [5.74, 6) is 1.20. The number of aromatic nitrogens is 1. The number of rotatable bonds is 1. The summed E-state index contributed by atoms with van der Waals surface area (Å²) in [6.07, 6.45) is 1.72. The van der Waals surface area contributed by atoms with E-state index in [1.807, 2.05) is 48.5 Å². The second kappa shape index (κ2) is 4.70. The van der Waals surface area contributed by atoms with E-state index in [0.29, 0.717) is 5.88 Å². The first-order valence-electron chi connectivity index (χ1n) is 6.80. The van der Waals surface area contributed by atoms with E-state index in [1.165, 1.54) is 12.1 Å². The third-order valence-corrected chi connectivity index (χ3v) is 3.75. The Labute approximate surface area is 121 Å². The van der Waals surface area contributed by atoms with Gasteiger partial charge in [-0.25, -0.2) is 9.37 Å². The van der Waals surface area contributed by atoms with Crippen LogP contribution >= 0.6 is 0 Å². The van der Waals surface area contributed by atoms with E-state index in [-0.39, 0.29) is 11.7 Å². The molecule has 2 heterocycles. The Morgan fingerprint density at radius 3 is 2.48 bits per heavy atom. The molecule has 0 amide bonds. The first kappa shape index (κ1) is 12.1. The van der Waals surface area contributed by atoms with E-state index in [9.17, 15) is 4.39 Å². The summed E-state index contributed by atoms with van der Waals surface area (Å²) in [6.45, 7) is 0. The third kappa shape index (κ3) is 1.98. The van der Waals surface area contributed by atoms with E-state index in [0.717, 1.165) is 22.4 Å². The summed E-state index contributed by atoms with van der Waals surface area (Å²) in [6, 6.07) is 18.4. The molecule has 0 N–H and O–H groups in total. The topological polar surface area (TPSA) is 22.1 Å². The summed E-state index contributed by atoms with van der Waals surface area (Å²) >= 11 is 0. The second-order valence-electron chi connectivity index (χ2n) is 5.02. The number of para-hydroxylation sites is 1. The van der Waals surface area contributed by atoms with Crippen LogP contribution in [0.2, 0.25) is 0 Å². The van der Waals surface area contributed by atoms with Gasteiger partial charge in [0.2, 0.25) is 5.88 Å². The van der Waals surface area contributed by atoms with Gasteiger partial charge in [-0.05, 0) is 29.8 Å². The highest BCUT2D eigenvalue weighted by atomic mass is 19.1. The van der Waals surface area contributed by atoms with Crippen molar-refractivity contribution in [2.75, 3.05) is 0 Å². The SMILES string of the molecule is Fc1ccc(C2c3ccccc3Oc3ncccc32)cc1. The molecule has 21 heavy (non-hydrogen) atoms. The van der Waals surface area contributed by atoms with Crippen LogP contribution in [0.3, 0.4) is 0 Å². The molecule has 0 fully saturated rings. The lowest BCUT2D eigenvalue weighted by molar-refractivity contribution is 0.434. The Morgan fingerprint density at radius 1 is 0.857 bits per heavy atom. The quantitative estimate of drug-likeness (QED) is 0.511. The summed E-state index contributed by atoms with van der Waals surface area (Å²) in [4.78, 5) is 4.32. The Kier molecular flexibility index (Phi) is 2.71. The highest BCUT2D eigenvalue weighted by molar-refractivity contribution is 5.55. The van der Waals surface area contributed by atoms with Crippen LogP contribution in [0, 0.1) is 5.82 Å². The highest BCUT2D eigenvalue weighted by Gasteiger charge is 2.28. The molecule has 1 aliphatic heterocycles. The van der Waals surface area contributed by atoms with Crippen LogP contribution in [0.5, 0.6) is 11.6 Å². The third-order valence-electron chi connectivity index (χ3n) is 3.75. The van der Waals surface area contributed by atoms with Crippen LogP contribution in [-0.2, 0) is 0 Å². The maximum atomic E-state index is 13.2. The van der Waals surface area contributed by atoms with Crippen LogP contribution in [0.15, 0.2) is 66.9 Å². The zero-order valence-electron chi connectivity index (χ0n) is 11.2. The molecular weight excluding hydrogens is 265 g/mol. The van der Waals surface area contributed by atoms with Gasteiger partial charge in [0.15, 0.2) is 0 Å². The Hall–Kier alpha value is -2.68. The standard InChI is InChI=1S/C18H12FNO/c19-13-9-7-12(8-10-13)17-14-4-1-2-6-16(14)21-18-15(17)5-3-11-20-18/h1-11,17H. The molecule has 0 spiro atoms. The molecule has 0 radical (unpaired) electrons. The molecule has 2 nitrogen and oxygen atoms in total. The highest BCUT2D eigenvalue weighted by Crippen LogP contribution is 2.45. The number of hydrogen-bond donors (Lipinski definition) is 0. The van der Waals surface area contributed by atoms with Crippen molar-refractivity contribution in [1.82, 2.24) is 4.98 Å².